The van der Waals surface area contributed by atoms with E-state index >= 15 is 0 Å². The quantitative estimate of drug-likeness (QED) is 0.720. The molecule has 3 rings (SSSR count). The third-order valence-corrected chi connectivity index (χ3v) is 3.85. The molecule has 2 aromatic carbocycles. The summed E-state index contributed by atoms with van der Waals surface area (Å²) in [6.45, 7) is 2.03. The van der Waals surface area contributed by atoms with Gasteiger partial charge < -0.3 is 9.47 Å². The molecular weight excluding hydrogens is 293 g/mol. The largest absolute Gasteiger partial charge is 0.494 e. The van der Waals surface area contributed by atoms with Gasteiger partial charge in [-0.25, -0.2) is 9.37 Å². The molecule has 0 fully saturated rings. The van der Waals surface area contributed by atoms with Gasteiger partial charge in [0.25, 0.3) is 0 Å². The normalized spacial score (nSPS) is 10.8. The number of aryl methyl sites for hydroxylation is 1. The second kappa shape index (κ2) is 6.24. The number of rotatable bonds is 4. The Bertz CT molecular complexity index is 861. The van der Waals surface area contributed by atoms with Gasteiger partial charge in [0.05, 0.1) is 19.7 Å². The van der Waals surface area contributed by atoms with E-state index in [1.54, 1.807) is 25.3 Å². The van der Waals surface area contributed by atoms with Crippen molar-refractivity contribution in [1.82, 2.24) is 4.98 Å². The molecule has 0 unspecified atom stereocenters. The van der Waals surface area contributed by atoms with E-state index in [4.69, 9.17) is 9.47 Å². The van der Waals surface area contributed by atoms with Crippen molar-refractivity contribution in [3.05, 3.63) is 65.0 Å². The molecular formula is C19H18FNO2. The van der Waals surface area contributed by atoms with E-state index in [2.05, 4.69) is 11.1 Å². The zero-order valence-corrected chi connectivity index (χ0v) is 13.4. The number of fused-ring (bicyclic) bond motifs is 1. The molecule has 3 aromatic rings. The fourth-order valence-electron chi connectivity index (χ4n) is 2.68. The van der Waals surface area contributed by atoms with Crippen LogP contribution in [0.3, 0.4) is 0 Å². The van der Waals surface area contributed by atoms with Crippen LogP contribution in [0.4, 0.5) is 4.39 Å². The van der Waals surface area contributed by atoms with Gasteiger partial charge >= 0.3 is 0 Å². The Morgan fingerprint density at radius 3 is 2.57 bits per heavy atom. The summed E-state index contributed by atoms with van der Waals surface area (Å²) in [4.78, 5) is 4.53. The summed E-state index contributed by atoms with van der Waals surface area (Å²) >= 11 is 0. The van der Waals surface area contributed by atoms with E-state index in [0.717, 1.165) is 22.0 Å². The highest BCUT2D eigenvalue weighted by Gasteiger charge is 2.13. The van der Waals surface area contributed by atoms with Crippen LogP contribution in [-0.2, 0) is 6.42 Å². The topological polar surface area (TPSA) is 31.4 Å². The van der Waals surface area contributed by atoms with Crippen LogP contribution in [0.25, 0.3) is 10.9 Å². The van der Waals surface area contributed by atoms with Crippen molar-refractivity contribution >= 4 is 10.9 Å². The van der Waals surface area contributed by atoms with Crippen molar-refractivity contribution in [2.24, 2.45) is 0 Å². The highest BCUT2D eigenvalue weighted by molar-refractivity contribution is 5.81. The Kier molecular flexibility index (Phi) is 4.15. The van der Waals surface area contributed by atoms with Crippen molar-refractivity contribution in [3.8, 4) is 11.6 Å². The summed E-state index contributed by atoms with van der Waals surface area (Å²) in [5.74, 6) is 0.413. The molecule has 3 nitrogen and oxygen atoms in total. The van der Waals surface area contributed by atoms with E-state index in [-0.39, 0.29) is 11.6 Å². The van der Waals surface area contributed by atoms with E-state index in [1.807, 2.05) is 25.1 Å². The van der Waals surface area contributed by atoms with Gasteiger partial charge in [0.1, 0.15) is 0 Å². The lowest BCUT2D eigenvalue weighted by atomic mass is 10.0. The van der Waals surface area contributed by atoms with Gasteiger partial charge in [-0.15, -0.1) is 0 Å². The smallest absolute Gasteiger partial charge is 0.217 e. The molecule has 0 bridgehead atoms. The summed E-state index contributed by atoms with van der Waals surface area (Å²) in [5, 5.41) is 1.02. The van der Waals surface area contributed by atoms with E-state index in [1.165, 1.54) is 7.11 Å². The number of hydrogen-bond acceptors (Lipinski definition) is 3. The fourth-order valence-corrected chi connectivity index (χ4v) is 2.68. The summed E-state index contributed by atoms with van der Waals surface area (Å²) in [7, 11) is 3.04. The molecule has 0 atom stereocenters. The average Bonchev–Trinajstić information content (AvgIpc) is 2.56. The summed E-state index contributed by atoms with van der Waals surface area (Å²) in [5.41, 5.74) is 3.42. The number of methoxy groups -OCH3 is 2. The van der Waals surface area contributed by atoms with Crippen molar-refractivity contribution in [3.63, 3.8) is 0 Å². The maximum atomic E-state index is 14.4. The van der Waals surface area contributed by atoms with Crippen molar-refractivity contribution in [2.75, 3.05) is 14.2 Å². The summed E-state index contributed by atoms with van der Waals surface area (Å²) in [6.07, 6.45) is 0.392. The Labute approximate surface area is 134 Å². The Morgan fingerprint density at radius 1 is 1.00 bits per heavy atom. The van der Waals surface area contributed by atoms with Gasteiger partial charge in [-0.3, -0.25) is 0 Å². The van der Waals surface area contributed by atoms with E-state index < -0.39 is 0 Å². The van der Waals surface area contributed by atoms with Crippen molar-refractivity contribution in [2.45, 2.75) is 13.3 Å². The molecule has 0 aliphatic heterocycles. The molecule has 1 aromatic heterocycles. The van der Waals surface area contributed by atoms with Gasteiger partial charge in [0.2, 0.25) is 5.88 Å². The first-order valence-corrected chi connectivity index (χ1v) is 7.38. The molecule has 0 radical (unpaired) electrons. The highest BCUT2D eigenvalue weighted by Crippen LogP contribution is 2.28. The minimum atomic E-state index is -0.346. The van der Waals surface area contributed by atoms with Crippen LogP contribution >= 0.6 is 0 Å². The number of ether oxygens (including phenoxy) is 2. The van der Waals surface area contributed by atoms with Crippen molar-refractivity contribution in [1.29, 1.82) is 0 Å². The lowest BCUT2D eigenvalue weighted by Gasteiger charge is -2.11. The fraction of sp³-hybridized carbons (Fsp3) is 0.211. The van der Waals surface area contributed by atoms with Crippen LogP contribution in [-0.4, -0.2) is 19.2 Å². The Hall–Kier alpha value is -2.62. The SMILES string of the molecule is COc1cccc(Cc2cc3cc(C)ccc3nc2OC)c1F. The van der Waals surface area contributed by atoms with Crippen LogP contribution in [0.5, 0.6) is 11.6 Å². The van der Waals surface area contributed by atoms with Gasteiger partial charge in [-0.2, -0.15) is 0 Å². The van der Waals surface area contributed by atoms with Crippen LogP contribution in [0, 0.1) is 12.7 Å². The minimum absolute atomic E-state index is 0.242. The number of benzene rings is 2. The number of pyridine rings is 1. The third-order valence-electron chi connectivity index (χ3n) is 3.85. The number of hydrogen-bond donors (Lipinski definition) is 0. The van der Waals surface area contributed by atoms with Crippen LogP contribution in [0.1, 0.15) is 16.7 Å². The Morgan fingerprint density at radius 2 is 1.83 bits per heavy atom. The molecule has 118 valence electrons. The lowest BCUT2D eigenvalue weighted by molar-refractivity contribution is 0.383. The molecule has 4 heteroatoms. The van der Waals surface area contributed by atoms with Crippen LogP contribution < -0.4 is 9.47 Å². The predicted molar refractivity (Wildman–Crippen MR) is 88.8 cm³/mol. The van der Waals surface area contributed by atoms with E-state index in [0.29, 0.717) is 17.9 Å². The first-order valence-electron chi connectivity index (χ1n) is 7.38. The number of nitrogens with zero attached hydrogens (tertiary/aromatic N) is 1. The van der Waals surface area contributed by atoms with Crippen LogP contribution in [0.15, 0.2) is 42.5 Å². The maximum Gasteiger partial charge on any atom is 0.217 e. The zero-order valence-electron chi connectivity index (χ0n) is 13.4. The summed E-state index contributed by atoms with van der Waals surface area (Å²) in [6, 6.07) is 13.2. The van der Waals surface area contributed by atoms with Crippen molar-refractivity contribution < 1.29 is 13.9 Å². The van der Waals surface area contributed by atoms with Gasteiger partial charge in [0, 0.05) is 17.4 Å². The predicted octanol–water partition coefficient (Wildman–Crippen LogP) is 4.29. The third kappa shape index (κ3) is 2.97. The first-order chi connectivity index (χ1) is 11.1. The molecule has 23 heavy (non-hydrogen) atoms. The molecule has 1 heterocycles. The first kappa shape index (κ1) is 15.3. The molecule has 0 aliphatic carbocycles. The summed E-state index contributed by atoms with van der Waals surface area (Å²) < 4.78 is 24.8. The molecule has 0 spiro atoms. The number of aromatic nitrogens is 1. The molecule has 0 N–H and O–H groups in total. The molecule has 0 saturated heterocycles. The number of halogens is 1. The maximum absolute atomic E-state index is 14.4. The average molecular weight is 311 g/mol. The van der Waals surface area contributed by atoms with Gasteiger partial charge in [-0.05, 0) is 36.8 Å². The minimum Gasteiger partial charge on any atom is -0.494 e. The van der Waals surface area contributed by atoms with Gasteiger partial charge in [-0.1, -0.05) is 23.8 Å². The second-order valence-electron chi connectivity index (χ2n) is 5.46. The lowest BCUT2D eigenvalue weighted by Crippen LogP contribution is -2.00. The van der Waals surface area contributed by atoms with Crippen LogP contribution in [0.2, 0.25) is 0 Å². The van der Waals surface area contributed by atoms with Gasteiger partial charge in [0.15, 0.2) is 11.6 Å². The second-order valence-corrected chi connectivity index (χ2v) is 5.46. The molecule has 0 saturated carbocycles. The van der Waals surface area contributed by atoms with E-state index in [9.17, 15) is 4.39 Å². The zero-order chi connectivity index (χ0) is 16.4. The standard InChI is InChI=1S/C19H18FNO2/c1-12-7-8-16-14(9-12)11-15(19(21-16)23-3)10-13-5-4-6-17(22-2)18(13)20/h4-9,11H,10H2,1-3H3. The molecule has 0 amide bonds. The Balaban J connectivity index is 2.08. The monoisotopic (exact) mass is 311 g/mol. The molecule has 0 aliphatic rings. The highest BCUT2D eigenvalue weighted by atomic mass is 19.1.